The highest BCUT2D eigenvalue weighted by atomic mass is 127. The van der Waals surface area contributed by atoms with E-state index < -0.39 is 0 Å². The summed E-state index contributed by atoms with van der Waals surface area (Å²) in [4.78, 5) is 11.8. The lowest BCUT2D eigenvalue weighted by atomic mass is 10.1. The Balaban J connectivity index is 2.57. The van der Waals surface area contributed by atoms with Crippen molar-refractivity contribution in [2.45, 2.75) is 19.8 Å². The third-order valence-corrected chi connectivity index (χ3v) is 3.28. The first-order valence-electron chi connectivity index (χ1n) is 5.68. The number of carbonyl (C=O) groups excluding carboxylic acids is 1. The van der Waals surface area contributed by atoms with Gasteiger partial charge in [0.1, 0.15) is 5.75 Å². The number of rotatable bonds is 6. The topological polar surface area (TPSA) is 38.3 Å². The molecule has 17 heavy (non-hydrogen) atoms. The van der Waals surface area contributed by atoms with Crippen molar-refractivity contribution in [1.29, 1.82) is 0 Å². The van der Waals surface area contributed by atoms with Crippen LogP contribution in [0.2, 0.25) is 0 Å². The summed E-state index contributed by atoms with van der Waals surface area (Å²) < 4.78 is 6.33. The molecule has 1 aromatic carbocycles. The third-order valence-electron chi connectivity index (χ3n) is 2.52. The molecule has 0 aliphatic carbocycles. The van der Waals surface area contributed by atoms with E-state index in [0.717, 1.165) is 35.1 Å². The second-order valence-corrected chi connectivity index (χ2v) is 4.92. The molecule has 1 aromatic rings. The normalized spacial score (nSPS) is 10.1. The Hall–Kier alpha value is -0.780. The van der Waals surface area contributed by atoms with Crippen molar-refractivity contribution in [2.24, 2.45) is 0 Å². The van der Waals surface area contributed by atoms with Gasteiger partial charge in [0.15, 0.2) is 0 Å². The van der Waals surface area contributed by atoms with Gasteiger partial charge in [0.2, 0.25) is 0 Å². The van der Waals surface area contributed by atoms with Crippen LogP contribution in [0.15, 0.2) is 18.2 Å². The van der Waals surface area contributed by atoms with Gasteiger partial charge in [-0.2, -0.15) is 0 Å². The maximum absolute atomic E-state index is 11.8. The van der Waals surface area contributed by atoms with Crippen molar-refractivity contribution >= 4 is 28.5 Å². The smallest absolute Gasteiger partial charge is 0.251 e. The molecule has 0 spiro atoms. The fourth-order valence-corrected chi connectivity index (χ4v) is 2.02. The Labute approximate surface area is 116 Å². The molecule has 0 aromatic heterocycles. The molecular formula is C13H18INO2. The van der Waals surface area contributed by atoms with Gasteiger partial charge in [-0.25, -0.2) is 0 Å². The molecule has 0 saturated heterocycles. The molecule has 0 saturated carbocycles. The predicted octanol–water partition coefficient (Wildman–Crippen LogP) is 2.95. The Morgan fingerprint density at radius 1 is 1.41 bits per heavy atom. The van der Waals surface area contributed by atoms with Gasteiger partial charge >= 0.3 is 0 Å². The van der Waals surface area contributed by atoms with Crippen LogP contribution in [0.25, 0.3) is 0 Å². The zero-order chi connectivity index (χ0) is 12.7. The number of nitrogens with one attached hydrogen (secondary N) is 1. The van der Waals surface area contributed by atoms with Crippen LogP contribution in [0.1, 0.15) is 28.8 Å². The van der Waals surface area contributed by atoms with E-state index in [1.54, 1.807) is 13.2 Å². The highest BCUT2D eigenvalue weighted by Gasteiger charge is 2.07. The summed E-state index contributed by atoms with van der Waals surface area (Å²) in [6, 6.07) is 5.51. The minimum atomic E-state index is -0.0308. The summed E-state index contributed by atoms with van der Waals surface area (Å²) in [5.74, 6) is 0.724. The molecule has 0 fully saturated rings. The number of carbonyl (C=O) groups is 1. The fourth-order valence-electron chi connectivity index (χ4n) is 1.48. The monoisotopic (exact) mass is 347 g/mol. The van der Waals surface area contributed by atoms with E-state index in [1.807, 2.05) is 19.1 Å². The molecule has 0 radical (unpaired) electrons. The van der Waals surface area contributed by atoms with E-state index in [1.165, 1.54) is 0 Å². The minimum absolute atomic E-state index is 0.0308. The highest BCUT2D eigenvalue weighted by molar-refractivity contribution is 14.1. The SMILES string of the molecule is COc1cc(C(=O)NCCCCI)ccc1C. The average Bonchev–Trinajstić information content (AvgIpc) is 2.35. The van der Waals surface area contributed by atoms with Gasteiger partial charge in [-0.15, -0.1) is 0 Å². The average molecular weight is 347 g/mol. The zero-order valence-electron chi connectivity index (χ0n) is 10.3. The van der Waals surface area contributed by atoms with Crippen molar-refractivity contribution in [3.8, 4) is 5.75 Å². The van der Waals surface area contributed by atoms with Crippen molar-refractivity contribution in [3.05, 3.63) is 29.3 Å². The van der Waals surface area contributed by atoms with E-state index in [2.05, 4.69) is 27.9 Å². The van der Waals surface area contributed by atoms with Gasteiger partial charge in [0, 0.05) is 12.1 Å². The molecule has 0 bridgehead atoms. The minimum Gasteiger partial charge on any atom is -0.496 e. The van der Waals surface area contributed by atoms with Crippen LogP contribution >= 0.6 is 22.6 Å². The molecule has 3 nitrogen and oxygen atoms in total. The van der Waals surface area contributed by atoms with Gasteiger partial charge in [0.25, 0.3) is 5.91 Å². The molecular weight excluding hydrogens is 329 g/mol. The Bertz CT molecular complexity index is 380. The second kappa shape index (κ2) is 7.53. The molecule has 0 aliphatic rings. The number of alkyl halides is 1. The number of unbranched alkanes of at least 4 members (excludes halogenated alkanes) is 1. The van der Waals surface area contributed by atoms with Crippen LogP contribution in [0.4, 0.5) is 0 Å². The molecule has 0 heterocycles. The fraction of sp³-hybridized carbons (Fsp3) is 0.462. The third kappa shape index (κ3) is 4.53. The summed E-state index contributed by atoms with van der Waals surface area (Å²) in [6.45, 7) is 2.69. The Morgan fingerprint density at radius 3 is 2.82 bits per heavy atom. The molecule has 0 aliphatic heterocycles. The zero-order valence-corrected chi connectivity index (χ0v) is 12.4. The molecule has 1 N–H and O–H groups in total. The molecule has 4 heteroatoms. The summed E-state index contributed by atoms with van der Waals surface area (Å²) >= 11 is 2.34. The number of methoxy groups -OCH3 is 1. The molecule has 0 atom stereocenters. The van der Waals surface area contributed by atoms with Crippen LogP contribution in [-0.2, 0) is 0 Å². The first-order chi connectivity index (χ1) is 8.19. The number of ether oxygens (including phenoxy) is 1. The molecule has 1 amide bonds. The summed E-state index contributed by atoms with van der Waals surface area (Å²) in [6.07, 6.45) is 2.16. The van der Waals surface area contributed by atoms with E-state index >= 15 is 0 Å². The Kier molecular flexibility index (Phi) is 6.32. The van der Waals surface area contributed by atoms with Crippen LogP contribution in [0, 0.1) is 6.92 Å². The first-order valence-corrected chi connectivity index (χ1v) is 7.20. The van der Waals surface area contributed by atoms with Crippen LogP contribution < -0.4 is 10.1 Å². The van der Waals surface area contributed by atoms with Crippen LogP contribution in [0.3, 0.4) is 0 Å². The van der Waals surface area contributed by atoms with Gasteiger partial charge in [0.05, 0.1) is 7.11 Å². The van der Waals surface area contributed by atoms with E-state index in [0.29, 0.717) is 5.56 Å². The second-order valence-electron chi connectivity index (χ2n) is 3.84. The van der Waals surface area contributed by atoms with Crippen molar-refractivity contribution in [1.82, 2.24) is 5.32 Å². The van der Waals surface area contributed by atoms with Gasteiger partial charge in [-0.1, -0.05) is 28.7 Å². The lowest BCUT2D eigenvalue weighted by Gasteiger charge is -2.08. The van der Waals surface area contributed by atoms with E-state index in [4.69, 9.17) is 4.74 Å². The Morgan fingerprint density at radius 2 is 2.18 bits per heavy atom. The number of hydrogen-bond acceptors (Lipinski definition) is 2. The summed E-state index contributed by atoms with van der Waals surface area (Å²) in [5, 5.41) is 2.91. The highest BCUT2D eigenvalue weighted by Crippen LogP contribution is 2.18. The van der Waals surface area contributed by atoms with Crippen LogP contribution in [0.5, 0.6) is 5.75 Å². The summed E-state index contributed by atoms with van der Waals surface area (Å²) in [5.41, 5.74) is 1.69. The maximum atomic E-state index is 11.8. The number of aryl methyl sites for hydroxylation is 1. The van der Waals surface area contributed by atoms with Gasteiger partial charge in [-0.05, 0) is 41.9 Å². The summed E-state index contributed by atoms with van der Waals surface area (Å²) in [7, 11) is 1.62. The van der Waals surface area contributed by atoms with E-state index in [-0.39, 0.29) is 5.91 Å². The number of benzene rings is 1. The van der Waals surface area contributed by atoms with Crippen molar-refractivity contribution in [3.63, 3.8) is 0 Å². The van der Waals surface area contributed by atoms with Crippen molar-refractivity contribution < 1.29 is 9.53 Å². The van der Waals surface area contributed by atoms with Crippen LogP contribution in [-0.4, -0.2) is 24.0 Å². The lowest BCUT2D eigenvalue weighted by molar-refractivity contribution is 0.0953. The lowest BCUT2D eigenvalue weighted by Crippen LogP contribution is -2.24. The molecule has 1 rings (SSSR count). The largest absolute Gasteiger partial charge is 0.496 e. The number of amides is 1. The van der Waals surface area contributed by atoms with E-state index in [9.17, 15) is 4.79 Å². The maximum Gasteiger partial charge on any atom is 0.251 e. The standard InChI is InChI=1S/C13H18INO2/c1-10-5-6-11(9-12(10)17-2)13(16)15-8-4-3-7-14/h5-6,9H,3-4,7-8H2,1-2H3,(H,15,16). The number of halogens is 1. The number of hydrogen-bond donors (Lipinski definition) is 1. The first kappa shape index (κ1) is 14.3. The molecule has 0 unspecified atom stereocenters. The molecule has 94 valence electrons. The predicted molar refractivity (Wildman–Crippen MR) is 78.2 cm³/mol. The van der Waals surface area contributed by atoms with Gasteiger partial charge in [-0.3, -0.25) is 4.79 Å². The van der Waals surface area contributed by atoms with Gasteiger partial charge < -0.3 is 10.1 Å². The van der Waals surface area contributed by atoms with Crippen molar-refractivity contribution in [2.75, 3.05) is 18.1 Å². The quantitative estimate of drug-likeness (QED) is 0.488.